The molecule has 22 heavy (non-hydrogen) atoms. The molecular formula is C13H12F3N5O. The number of amides is 1. The number of rotatable bonds is 3. The van der Waals surface area contributed by atoms with Crippen LogP contribution < -0.4 is 5.32 Å². The number of carbonyl (C=O) groups excluding carboxylic acids is 1. The van der Waals surface area contributed by atoms with Crippen LogP contribution in [0.5, 0.6) is 0 Å². The molecule has 2 aromatic heterocycles. The first kappa shape index (κ1) is 15.8. The number of hydrogen-bond acceptors (Lipinski definition) is 5. The highest BCUT2D eigenvalue weighted by Crippen LogP contribution is 2.34. The zero-order chi connectivity index (χ0) is 16.3. The molecule has 0 aromatic carbocycles. The van der Waals surface area contributed by atoms with E-state index in [-0.39, 0.29) is 11.4 Å². The SMILES string of the molecule is CC(C)C(=O)Nc1cnc(-c2cncnc2)nc1C(F)(F)F. The van der Waals surface area contributed by atoms with Gasteiger partial charge in [-0.1, -0.05) is 13.8 Å². The molecule has 2 aromatic rings. The van der Waals surface area contributed by atoms with E-state index < -0.39 is 29.4 Å². The minimum Gasteiger partial charge on any atom is -0.323 e. The van der Waals surface area contributed by atoms with Crippen LogP contribution in [0.15, 0.2) is 24.9 Å². The van der Waals surface area contributed by atoms with Crippen LogP contribution in [0.4, 0.5) is 18.9 Å². The maximum Gasteiger partial charge on any atom is 0.435 e. The Balaban J connectivity index is 2.46. The number of halogens is 3. The van der Waals surface area contributed by atoms with Crippen LogP contribution in [-0.4, -0.2) is 25.8 Å². The van der Waals surface area contributed by atoms with Crippen LogP contribution in [0, 0.1) is 5.92 Å². The van der Waals surface area contributed by atoms with E-state index in [1.54, 1.807) is 13.8 Å². The van der Waals surface area contributed by atoms with Gasteiger partial charge in [0.15, 0.2) is 11.5 Å². The van der Waals surface area contributed by atoms with Crippen LogP contribution in [0.3, 0.4) is 0 Å². The van der Waals surface area contributed by atoms with E-state index in [0.717, 1.165) is 6.20 Å². The minimum atomic E-state index is -4.73. The van der Waals surface area contributed by atoms with E-state index in [1.165, 1.54) is 18.7 Å². The monoisotopic (exact) mass is 311 g/mol. The molecule has 0 saturated heterocycles. The number of anilines is 1. The molecule has 0 aliphatic heterocycles. The van der Waals surface area contributed by atoms with Crippen molar-refractivity contribution in [3.63, 3.8) is 0 Å². The van der Waals surface area contributed by atoms with Crippen LogP contribution in [0.2, 0.25) is 0 Å². The summed E-state index contributed by atoms with van der Waals surface area (Å²) < 4.78 is 39.4. The van der Waals surface area contributed by atoms with Crippen LogP contribution in [0.25, 0.3) is 11.4 Å². The number of nitrogens with zero attached hydrogens (tertiary/aromatic N) is 4. The van der Waals surface area contributed by atoms with Crippen molar-refractivity contribution in [2.75, 3.05) is 5.32 Å². The summed E-state index contributed by atoms with van der Waals surface area (Å²) in [6, 6.07) is 0. The van der Waals surface area contributed by atoms with E-state index in [2.05, 4.69) is 25.3 Å². The lowest BCUT2D eigenvalue weighted by Crippen LogP contribution is -2.22. The Morgan fingerprint density at radius 3 is 2.36 bits per heavy atom. The molecule has 2 rings (SSSR count). The molecule has 1 amide bonds. The Bertz CT molecular complexity index is 673. The van der Waals surface area contributed by atoms with E-state index in [9.17, 15) is 18.0 Å². The molecule has 1 N–H and O–H groups in total. The summed E-state index contributed by atoms with van der Waals surface area (Å²) >= 11 is 0. The first-order valence-electron chi connectivity index (χ1n) is 6.29. The van der Waals surface area contributed by atoms with Crippen molar-refractivity contribution in [2.24, 2.45) is 5.92 Å². The average molecular weight is 311 g/mol. The van der Waals surface area contributed by atoms with Gasteiger partial charge in [-0.2, -0.15) is 13.2 Å². The Hall–Kier alpha value is -2.58. The zero-order valence-electron chi connectivity index (χ0n) is 11.7. The second-order valence-electron chi connectivity index (χ2n) is 4.72. The smallest absolute Gasteiger partial charge is 0.323 e. The van der Waals surface area contributed by atoms with Crippen molar-refractivity contribution in [3.05, 3.63) is 30.6 Å². The molecule has 0 spiro atoms. The quantitative estimate of drug-likeness (QED) is 0.942. The third kappa shape index (κ3) is 3.54. The molecule has 0 radical (unpaired) electrons. The Labute approximate surface area is 123 Å². The van der Waals surface area contributed by atoms with E-state index in [1.807, 2.05) is 0 Å². The molecule has 0 unspecified atom stereocenters. The second kappa shape index (κ2) is 6.04. The topological polar surface area (TPSA) is 80.7 Å². The molecule has 0 bridgehead atoms. The van der Waals surface area contributed by atoms with E-state index >= 15 is 0 Å². The molecule has 0 atom stereocenters. The van der Waals surface area contributed by atoms with Crippen molar-refractivity contribution in [1.29, 1.82) is 0 Å². The third-order valence-corrected chi connectivity index (χ3v) is 2.66. The van der Waals surface area contributed by atoms with E-state index in [4.69, 9.17) is 0 Å². The lowest BCUT2D eigenvalue weighted by Gasteiger charge is -2.14. The fourth-order valence-corrected chi connectivity index (χ4v) is 1.52. The summed E-state index contributed by atoms with van der Waals surface area (Å²) in [6.07, 6.45) is 0.0421. The Morgan fingerprint density at radius 2 is 1.82 bits per heavy atom. The van der Waals surface area contributed by atoms with Crippen LogP contribution in [0.1, 0.15) is 19.5 Å². The van der Waals surface area contributed by atoms with Gasteiger partial charge >= 0.3 is 6.18 Å². The predicted molar refractivity (Wildman–Crippen MR) is 71.5 cm³/mol. The fourth-order valence-electron chi connectivity index (χ4n) is 1.52. The van der Waals surface area contributed by atoms with Crippen molar-refractivity contribution in [2.45, 2.75) is 20.0 Å². The zero-order valence-corrected chi connectivity index (χ0v) is 11.7. The molecule has 6 nitrogen and oxygen atoms in total. The largest absolute Gasteiger partial charge is 0.435 e. The second-order valence-corrected chi connectivity index (χ2v) is 4.72. The summed E-state index contributed by atoms with van der Waals surface area (Å²) in [7, 11) is 0. The molecule has 2 heterocycles. The molecule has 0 aliphatic rings. The molecule has 0 saturated carbocycles. The number of carbonyl (C=O) groups is 1. The van der Waals surface area contributed by atoms with Gasteiger partial charge in [-0.05, 0) is 0 Å². The first-order chi connectivity index (χ1) is 10.3. The standard InChI is InChI=1S/C13H12F3N5O/c1-7(2)12(22)20-9-5-19-11(8-3-17-6-18-4-8)21-10(9)13(14,15)16/h3-7H,1-2H3,(H,20,22). The van der Waals surface area contributed by atoms with Gasteiger partial charge < -0.3 is 5.32 Å². The Kier molecular flexibility index (Phi) is 4.34. The molecule has 0 fully saturated rings. The summed E-state index contributed by atoms with van der Waals surface area (Å²) in [5.41, 5.74) is -1.45. The van der Waals surface area contributed by atoms with Gasteiger partial charge in [-0.25, -0.2) is 19.9 Å². The van der Waals surface area contributed by atoms with Crippen LogP contribution in [-0.2, 0) is 11.0 Å². The number of nitrogens with one attached hydrogen (secondary N) is 1. The fraction of sp³-hybridized carbons (Fsp3) is 0.308. The van der Waals surface area contributed by atoms with Crippen molar-refractivity contribution < 1.29 is 18.0 Å². The molecule has 9 heteroatoms. The van der Waals surface area contributed by atoms with Gasteiger partial charge in [0.2, 0.25) is 5.91 Å². The maximum atomic E-state index is 13.1. The lowest BCUT2D eigenvalue weighted by atomic mass is 10.2. The number of aromatic nitrogens is 4. The summed E-state index contributed by atoms with van der Waals surface area (Å²) in [5, 5.41) is 2.18. The van der Waals surface area contributed by atoms with Gasteiger partial charge in [-0.15, -0.1) is 0 Å². The number of alkyl halides is 3. The first-order valence-corrected chi connectivity index (χ1v) is 6.29. The van der Waals surface area contributed by atoms with Crippen LogP contribution >= 0.6 is 0 Å². The van der Waals surface area contributed by atoms with Gasteiger partial charge in [0.1, 0.15) is 6.33 Å². The highest BCUT2D eigenvalue weighted by molar-refractivity contribution is 5.92. The normalized spacial score (nSPS) is 11.5. The number of hydrogen-bond donors (Lipinski definition) is 1. The highest BCUT2D eigenvalue weighted by atomic mass is 19.4. The lowest BCUT2D eigenvalue weighted by molar-refractivity contribution is -0.140. The van der Waals surface area contributed by atoms with Gasteiger partial charge in [-0.3, -0.25) is 4.79 Å². The van der Waals surface area contributed by atoms with Gasteiger partial charge in [0.25, 0.3) is 0 Å². The van der Waals surface area contributed by atoms with Gasteiger partial charge in [0, 0.05) is 18.3 Å². The summed E-state index contributed by atoms with van der Waals surface area (Å²) in [4.78, 5) is 26.3. The molecule has 0 aliphatic carbocycles. The third-order valence-electron chi connectivity index (χ3n) is 2.66. The highest BCUT2D eigenvalue weighted by Gasteiger charge is 2.37. The maximum absolute atomic E-state index is 13.1. The minimum absolute atomic E-state index is 0.171. The summed E-state index contributed by atoms with van der Waals surface area (Å²) in [5.74, 6) is -1.19. The Morgan fingerprint density at radius 1 is 1.18 bits per heavy atom. The van der Waals surface area contributed by atoms with Gasteiger partial charge in [0.05, 0.1) is 17.4 Å². The molecular weight excluding hydrogens is 299 g/mol. The van der Waals surface area contributed by atoms with Crippen molar-refractivity contribution in [3.8, 4) is 11.4 Å². The average Bonchev–Trinajstić information content (AvgIpc) is 2.47. The molecule has 116 valence electrons. The van der Waals surface area contributed by atoms with Crippen molar-refractivity contribution >= 4 is 11.6 Å². The predicted octanol–water partition coefficient (Wildman–Crippen LogP) is 2.55. The van der Waals surface area contributed by atoms with E-state index in [0.29, 0.717) is 0 Å². The summed E-state index contributed by atoms with van der Waals surface area (Å²) in [6.45, 7) is 3.14. The van der Waals surface area contributed by atoms with Crippen molar-refractivity contribution in [1.82, 2.24) is 19.9 Å².